The lowest BCUT2D eigenvalue weighted by Gasteiger charge is -2.24. The largest absolute Gasteiger partial charge is 0.417 e. The summed E-state index contributed by atoms with van der Waals surface area (Å²) in [6.45, 7) is 3.62. The minimum Gasteiger partial charge on any atom is -0.417 e. The van der Waals surface area contributed by atoms with Gasteiger partial charge >= 0.3 is 6.18 Å². The van der Waals surface area contributed by atoms with Crippen LogP contribution >= 0.6 is 0 Å². The number of halogens is 5. The van der Waals surface area contributed by atoms with Crippen LogP contribution in [0.3, 0.4) is 0 Å². The summed E-state index contributed by atoms with van der Waals surface area (Å²) >= 11 is 0. The molecule has 0 aromatic carbocycles. The van der Waals surface area contributed by atoms with Gasteiger partial charge in [-0.05, 0) is 32.5 Å². The SMILES string of the molecule is C#CC(C)(O)CCO[Si](C)(C)CCCF.FCC(F)(F)F. The van der Waals surface area contributed by atoms with Crippen LogP contribution in [0.1, 0.15) is 19.8 Å². The summed E-state index contributed by atoms with van der Waals surface area (Å²) in [4.78, 5) is 0. The van der Waals surface area contributed by atoms with E-state index in [9.17, 15) is 27.1 Å². The zero-order valence-electron chi connectivity index (χ0n) is 12.6. The minimum atomic E-state index is -4.62. The van der Waals surface area contributed by atoms with Crippen LogP contribution in [0, 0.1) is 12.3 Å². The average Bonchev–Trinajstić information content (AvgIpc) is 2.36. The third-order valence-corrected chi connectivity index (χ3v) is 5.00. The van der Waals surface area contributed by atoms with Gasteiger partial charge in [-0.3, -0.25) is 4.39 Å². The molecule has 0 saturated carbocycles. The molecular formula is C13H23F5O2Si. The summed E-state index contributed by atoms with van der Waals surface area (Å²) in [5, 5.41) is 9.54. The van der Waals surface area contributed by atoms with Crippen molar-refractivity contribution in [2.75, 3.05) is 20.0 Å². The van der Waals surface area contributed by atoms with Crippen LogP contribution < -0.4 is 0 Å². The first-order chi connectivity index (χ1) is 9.39. The predicted molar refractivity (Wildman–Crippen MR) is 74.9 cm³/mol. The van der Waals surface area contributed by atoms with E-state index in [-0.39, 0.29) is 6.67 Å². The van der Waals surface area contributed by atoms with Crippen LogP contribution in [0.4, 0.5) is 22.0 Å². The fourth-order valence-corrected chi connectivity index (χ4v) is 2.95. The molecule has 0 radical (unpaired) electrons. The van der Waals surface area contributed by atoms with Gasteiger partial charge in [0.05, 0.1) is 6.67 Å². The molecule has 0 saturated heterocycles. The molecule has 1 unspecified atom stereocenters. The Kier molecular flexibility index (Phi) is 10.9. The Hall–Kier alpha value is -0.653. The number of hydrogen-bond acceptors (Lipinski definition) is 2. The second kappa shape index (κ2) is 10.1. The van der Waals surface area contributed by atoms with Crippen molar-refractivity contribution < 1.29 is 31.5 Å². The van der Waals surface area contributed by atoms with Crippen molar-refractivity contribution in [1.29, 1.82) is 0 Å². The van der Waals surface area contributed by atoms with Gasteiger partial charge in [0.15, 0.2) is 15.0 Å². The van der Waals surface area contributed by atoms with Crippen LogP contribution in [0.25, 0.3) is 0 Å². The number of terminal acetylenes is 1. The van der Waals surface area contributed by atoms with Gasteiger partial charge in [-0.2, -0.15) is 13.2 Å². The molecule has 0 rings (SSSR count). The van der Waals surface area contributed by atoms with Crippen molar-refractivity contribution in [2.45, 2.75) is 50.7 Å². The highest BCUT2D eigenvalue weighted by Crippen LogP contribution is 2.16. The van der Waals surface area contributed by atoms with Gasteiger partial charge in [0.1, 0.15) is 5.60 Å². The quantitative estimate of drug-likeness (QED) is 0.435. The molecule has 0 aliphatic heterocycles. The highest BCUT2D eigenvalue weighted by Gasteiger charge is 2.26. The van der Waals surface area contributed by atoms with Gasteiger partial charge in [-0.25, -0.2) is 4.39 Å². The van der Waals surface area contributed by atoms with Gasteiger partial charge < -0.3 is 9.53 Å². The fourth-order valence-electron chi connectivity index (χ4n) is 1.16. The summed E-state index contributed by atoms with van der Waals surface area (Å²) < 4.78 is 59.3. The molecule has 0 spiro atoms. The summed E-state index contributed by atoms with van der Waals surface area (Å²) in [7, 11) is -1.76. The van der Waals surface area contributed by atoms with Crippen molar-refractivity contribution in [3.05, 3.63) is 0 Å². The molecule has 126 valence electrons. The maximum absolute atomic E-state index is 12.0. The van der Waals surface area contributed by atoms with E-state index in [4.69, 9.17) is 10.8 Å². The van der Waals surface area contributed by atoms with E-state index in [0.717, 1.165) is 6.04 Å². The van der Waals surface area contributed by atoms with Crippen LogP contribution in [-0.2, 0) is 4.43 Å². The summed E-state index contributed by atoms with van der Waals surface area (Å²) in [6, 6.07) is 0.807. The molecule has 0 fully saturated rings. The molecule has 0 aliphatic carbocycles. The van der Waals surface area contributed by atoms with E-state index in [1.165, 1.54) is 0 Å². The molecule has 1 N–H and O–H groups in total. The molecule has 0 heterocycles. The topological polar surface area (TPSA) is 29.5 Å². The van der Waals surface area contributed by atoms with Gasteiger partial charge in [0, 0.05) is 13.0 Å². The average molecular weight is 334 g/mol. The van der Waals surface area contributed by atoms with Gasteiger partial charge in [0.2, 0.25) is 0 Å². The third-order valence-electron chi connectivity index (χ3n) is 2.46. The lowest BCUT2D eigenvalue weighted by atomic mass is 10.1. The van der Waals surface area contributed by atoms with E-state index >= 15 is 0 Å². The first-order valence-corrected chi connectivity index (χ1v) is 9.53. The molecule has 21 heavy (non-hydrogen) atoms. The molecule has 8 heteroatoms. The highest BCUT2D eigenvalue weighted by atomic mass is 28.4. The second-order valence-corrected chi connectivity index (χ2v) is 9.63. The summed E-state index contributed by atoms with van der Waals surface area (Å²) in [5.74, 6) is 2.30. The van der Waals surface area contributed by atoms with Crippen molar-refractivity contribution in [3.8, 4) is 12.3 Å². The fraction of sp³-hybridized carbons (Fsp3) is 0.846. The maximum atomic E-state index is 12.0. The predicted octanol–water partition coefficient (Wildman–Crippen LogP) is 3.86. The van der Waals surface area contributed by atoms with Gasteiger partial charge in [0.25, 0.3) is 0 Å². The van der Waals surface area contributed by atoms with Crippen LogP contribution in [0.5, 0.6) is 0 Å². The minimum absolute atomic E-state index is 0.290. The van der Waals surface area contributed by atoms with Crippen LogP contribution in [-0.4, -0.2) is 45.2 Å². The zero-order chi connectivity index (χ0) is 17.2. The van der Waals surface area contributed by atoms with Crippen molar-refractivity contribution in [1.82, 2.24) is 0 Å². The highest BCUT2D eigenvalue weighted by molar-refractivity contribution is 6.71. The number of rotatable bonds is 7. The lowest BCUT2D eigenvalue weighted by Crippen LogP contribution is -2.33. The Balaban J connectivity index is 0. The maximum Gasteiger partial charge on any atom is 0.416 e. The van der Waals surface area contributed by atoms with Gasteiger partial charge in [-0.15, -0.1) is 6.42 Å². The van der Waals surface area contributed by atoms with Crippen molar-refractivity contribution in [2.24, 2.45) is 0 Å². The molecule has 1 atom stereocenters. The standard InChI is InChI=1S/C11H21FO2Si.C2H2F4/c1-5-11(2,13)7-9-14-15(3,4)10-6-8-12;3-1-2(4,5)6/h1,13H,6-10H2,2-4H3;1H2. The Morgan fingerprint density at radius 2 is 1.71 bits per heavy atom. The van der Waals surface area contributed by atoms with Crippen LogP contribution in [0.2, 0.25) is 19.1 Å². The molecule has 0 bridgehead atoms. The molecular weight excluding hydrogens is 311 g/mol. The summed E-state index contributed by atoms with van der Waals surface area (Å²) in [5.41, 5.74) is -1.09. The second-order valence-electron chi connectivity index (χ2n) is 5.32. The third kappa shape index (κ3) is 17.3. The van der Waals surface area contributed by atoms with Crippen LogP contribution in [0.15, 0.2) is 0 Å². The first-order valence-electron chi connectivity index (χ1n) is 6.42. The zero-order valence-corrected chi connectivity index (χ0v) is 13.6. The smallest absolute Gasteiger partial charge is 0.416 e. The monoisotopic (exact) mass is 334 g/mol. The number of aliphatic hydroxyl groups is 1. The Labute approximate surface area is 123 Å². The number of hydrogen-bond donors (Lipinski definition) is 1. The van der Waals surface area contributed by atoms with E-state index in [0.29, 0.717) is 19.4 Å². The van der Waals surface area contributed by atoms with Crippen molar-refractivity contribution >= 4 is 8.32 Å². The van der Waals surface area contributed by atoms with E-state index in [1.807, 2.05) is 13.1 Å². The summed E-state index contributed by atoms with van der Waals surface area (Å²) in [6.07, 6.45) is 1.50. The molecule has 0 aromatic heterocycles. The Morgan fingerprint density at radius 1 is 1.24 bits per heavy atom. The first kappa shape index (κ1) is 22.6. The van der Waals surface area contributed by atoms with E-state index in [1.54, 1.807) is 6.92 Å². The Bertz CT molecular complexity index is 311. The molecule has 0 aromatic rings. The van der Waals surface area contributed by atoms with Gasteiger partial charge in [-0.1, -0.05) is 5.92 Å². The van der Waals surface area contributed by atoms with E-state index < -0.39 is 26.8 Å². The molecule has 0 aliphatic rings. The molecule has 0 amide bonds. The number of alkyl halides is 5. The lowest BCUT2D eigenvalue weighted by molar-refractivity contribution is -0.142. The van der Waals surface area contributed by atoms with Crippen molar-refractivity contribution in [3.63, 3.8) is 0 Å². The van der Waals surface area contributed by atoms with E-state index in [2.05, 4.69) is 5.92 Å². The molecule has 2 nitrogen and oxygen atoms in total. The Morgan fingerprint density at radius 3 is 2.05 bits per heavy atom. The normalized spacial score (nSPS) is 14.7.